The Morgan fingerprint density at radius 2 is 1.88 bits per heavy atom. The number of carboxylic acid groups (broad SMARTS) is 1. The number of hydrogen-bond acceptors (Lipinski definition) is 8. The van der Waals surface area contributed by atoms with E-state index in [1.165, 1.54) is 7.11 Å². The first-order valence-corrected chi connectivity index (χ1v) is 15.8. The van der Waals surface area contributed by atoms with Gasteiger partial charge in [-0.05, 0) is 56.0 Å². The zero-order valence-corrected chi connectivity index (χ0v) is 25.3. The third-order valence-corrected chi connectivity index (χ3v) is 8.88. The smallest absolute Gasteiger partial charge is 0.405 e. The molecule has 11 nitrogen and oxygen atoms in total. The maximum Gasteiger partial charge on any atom is 0.405 e. The second-order valence-electron chi connectivity index (χ2n) is 11.0. The molecule has 0 aromatic heterocycles. The maximum atomic E-state index is 12.8. The molecular formula is C30H42N4O7S. The van der Waals surface area contributed by atoms with Crippen molar-refractivity contribution in [2.45, 2.75) is 44.2 Å². The van der Waals surface area contributed by atoms with E-state index in [2.05, 4.69) is 40.5 Å². The van der Waals surface area contributed by atoms with Crippen molar-refractivity contribution < 1.29 is 32.5 Å². The lowest BCUT2D eigenvalue weighted by Crippen LogP contribution is -2.44. The van der Waals surface area contributed by atoms with Gasteiger partial charge in [-0.15, -0.1) is 0 Å². The Bertz CT molecular complexity index is 1310. The van der Waals surface area contributed by atoms with Crippen LogP contribution in [0.1, 0.15) is 37.8 Å². The van der Waals surface area contributed by atoms with Gasteiger partial charge in [-0.1, -0.05) is 50.2 Å². The van der Waals surface area contributed by atoms with Gasteiger partial charge < -0.3 is 34.4 Å². The lowest BCUT2D eigenvalue weighted by atomic mass is 9.94. The number of carbonyl (C=O) groups is 1. The molecule has 1 amide bonds. The predicted molar refractivity (Wildman–Crippen MR) is 159 cm³/mol. The minimum Gasteiger partial charge on any atom is -0.495 e. The van der Waals surface area contributed by atoms with Crippen LogP contribution in [0.15, 0.2) is 59.7 Å². The van der Waals surface area contributed by atoms with Crippen molar-refractivity contribution in [3.63, 3.8) is 0 Å². The molecule has 0 bridgehead atoms. The fraction of sp³-hybridized carbons (Fsp3) is 0.500. The number of hydrogen-bond donors (Lipinski definition) is 3. The van der Waals surface area contributed by atoms with Crippen LogP contribution in [0.4, 0.5) is 4.79 Å². The maximum absolute atomic E-state index is 12.8. The van der Waals surface area contributed by atoms with Crippen molar-refractivity contribution in [1.29, 1.82) is 0 Å². The van der Waals surface area contributed by atoms with Gasteiger partial charge in [0.2, 0.25) is 10.0 Å². The minimum atomic E-state index is -3.97. The molecule has 1 atom stereocenters. The molecule has 2 aromatic carbocycles. The molecule has 3 N–H and O–H groups in total. The first-order valence-electron chi connectivity index (χ1n) is 14.3. The zero-order chi connectivity index (χ0) is 30.1. The second kappa shape index (κ2) is 14.7. The molecule has 2 heterocycles. The number of ether oxygens (including phenoxy) is 3. The summed E-state index contributed by atoms with van der Waals surface area (Å²) in [5.41, 5.74) is 3.01. The minimum absolute atomic E-state index is 0.0201. The second-order valence-corrected chi connectivity index (χ2v) is 12.7. The van der Waals surface area contributed by atoms with Crippen LogP contribution in [0, 0.1) is 11.8 Å². The summed E-state index contributed by atoms with van der Waals surface area (Å²) in [4.78, 5) is 15.3. The summed E-state index contributed by atoms with van der Waals surface area (Å²) in [7, 11) is -2.57. The Balaban J connectivity index is 1.34. The van der Waals surface area contributed by atoms with E-state index in [0.717, 1.165) is 49.3 Å². The highest BCUT2D eigenvalue weighted by atomic mass is 32.2. The summed E-state index contributed by atoms with van der Waals surface area (Å²) >= 11 is 0. The summed E-state index contributed by atoms with van der Waals surface area (Å²) in [5, 5.41) is 10.7. The van der Waals surface area contributed by atoms with Crippen LogP contribution in [-0.4, -0.2) is 82.4 Å². The quantitative estimate of drug-likeness (QED) is 0.277. The molecule has 2 aliphatic rings. The number of rotatable bonds is 14. The summed E-state index contributed by atoms with van der Waals surface area (Å²) in [6, 6.07) is 15.3. The van der Waals surface area contributed by atoms with Crippen molar-refractivity contribution in [2.24, 2.45) is 11.8 Å². The molecule has 0 radical (unpaired) electrons. The molecule has 42 heavy (non-hydrogen) atoms. The average molecular weight is 603 g/mol. The Kier molecular flexibility index (Phi) is 11.1. The Labute approximate surface area is 248 Å². The molecule has 0 aliphatic carbocycles. The van der Waals surface area contributed by atoms with Crippen LogP contribution in [0.25, 0.3) is 5.70 Å². The number of piperidine rings is 1. The average Bonchev–Trinajstić information content (AvgIpc) is 3.40. The number of amides is 1. The van der Waals surface area contributed by atoms with Crippen molar-refractivity contribution in [2.75, 3.05) is 46.8 Å². The highest BCUT2D eigenvalue weighted by Gasteiger charge is 2.37. The van der Waals surface area contributed by atoms with Crippen molar-refractivity contribution in [3.8, 4) is 5.75 Å². The molecule has 2 aromatic rings. The van der Waals surface area contributed by atoms with Gasteiger partial charge in [-0.3, -0.25) is 0 Å². The molecule has 4 rings (SSSR count). The monoisotopic (exact) mass is 602 g/mol. The third-order valence-electron chi connectivity index (χ3n) is 7.46. The van der Waals surface area contributed by atoms with E-state index >= 15 is 0 Å². The molecule has 1 fully saturated rings. The molecular weight excluding hydrogens is 560 g/mol. The van der Waals surface area contributed by atoms with Gasteiger partial charge in [0.1, 0.15) is 23.6 Å². The fourth-order valence-electron chi connectivity index (χ4n) is 5.27. The number of sulfonamides is 1. The first kappa shape index (κ1) is 31.6. The van der Waals surface area contributed by atoms with E-state index < -0.39 is 22.8 Å². The van der Waals surface area contributed by atoms with Crippen LogP contribution >= 0.6 is 0 Å². The van der Waals surface area contributed by atoms with E-state index in [4.69, 9.17) is 19.3 Å². The van der Waals surface area contributed by atoms with Crippen LogP contribution in [0.2, 0.25) is 0 Å². The van der Waals surface area contributed by atoms with Gasteiger partial charge in [0.05, 0.1) is 26.1 Å². The Hall–Kier alpha value is -3.32. The molecule has 12 heteroatoms. The number of benzene rings is 2. The molecule has 0 spiro atoms. The number of likely N-dealkylation sites (tertiary alicyclic amines) is 1. The number of nitrogens with one attached hydrogen (secondary N) is 2. The van der Waals surface area contributed by atoms with Crippen LogP contribution in [0.5, 0.6) is 5.75 Å². The molecule has 0 saturated carbocycles. The summed E-state index contributed by atoms with van der Waals surface area (Å²) in [6.07, 6.45) is 3.09. The molecule has 1 unspecified atom stereocenters. The number of methoxy groups -OCH3 is 1. The lowest BCUT2D eigenvalue weighted by molar-refractivity contribution is -0.0664. The van der Waals surface area contributed by atoms with Gasteiger partial charge in [0.15, 0.2) is 6.23 Å². The normalized spacial score (nSPS) is 18.1. The van der Waals surface area contributed by atoms with Gasteiger partial charge in [0.25, 0.3) is 0 Å². The lowest BCUT2D eigenvalue weighted by Gasteiger charge is -2.38. The van der Waals surface area contributed by atoms with Crippen LogP contribution in [0.3, 0.4) is 0 Å². The SMILES string of the molecule is COc1ccc(CCN2CCC(C3OC=C(c4ccccc4)N3COCC(C)C)CC2)cc1S(=O)(=O)NCNC(=O)O. The molecule has 2 aliphatic heterocycles. The van der Waals surface area contributed by atoms with E-state index in [1.54, 1.807) is 12.1 Å². The van der Waals surface area contributed by atoms with Gasteiger partial charge in [-0.25, -0.2) is 13.2 Å². The largest absolute Gasteiger partial charge is 0.495 e. The molecule has 1 saturated heterocycles. The van der Waals surface area contributed by atoms with Crippen molar-refractivity contribution in [1.82, 2.24) is 19.8 Å². The summed E-state index contributed by atoms with van der Waals surface area (Å²) < 4.78 is 45.4. The zero-order valence-electron chi connectivity index (χ0n) is 24.5. The standard InChI is InChI=1S/C30H42N4O7S/c1-22(2)18-40-21-34-26(24-7-5-4-6-8-24)19-41-29(34)25-12-15-33(16-13-25)14-11-23-9-10-27(39-3)28(17-23)42(37,38)32-20-31-30(35)36/h4-10,17,19,22,25,29,31-32H,11-16,18,20-21H2,1-3H3,(H,35,36). The van der Waals surface area contributed by atoms with Gasteiger partial charge >= 0.3 is 6.09 Å². The topological polar surface area (TPSA) is 130 Å². The van der Waals surface area contributed by atoms with Crippen LogP contribution in [-0.2, 0) is 25.9 Å². The highest BCUT2D eigenvalue weighted by Crippen LogP contribution is 2.35. The summed E-state index contributed by atoms with van der Waals surface area (Å²) in [5.74, 6) is 1.00. The van der Waals surface area contributed by atoms with Crippen LogP contribution < -0.4 is 14.8 Å². The first-order chi connectivity index (χ1) is 20.2. The van der Waals surface area contributed by atoms with Crippen molar-refractivity contribution in [3.05, 3.63) is 65.9 Å². The number of nitrogens with zero attached hydrogens (tertiary/aromatic N) is 2. The van der Waals surface area contributed by atoms with E-state index in [0.29, 0.717) is 31.6 Å². The predicted octanol–water partition coefficient (Wildman–Crippen LogP) is 3.74. The van der Waals surface area contributed by atoms with Gasteiger partial charge in [-0.2, -0.15) is 4.72 Å². The Morgan fingerprint density at radius 3 is 2.55 bits per heavy atom. The van der Waals surface area contributed by atoms with E-state index in [-0.39, 0.29) is 16.9 Å². The van der Waals surface area contributed by atoms with E-state index in [9.17, 15) is 13.2 Å². The van der Waals surface area contributed by atoms with Gasteiger partial charge in [0, 0.05) is 18.0 Å². The highest BCUT2D eigenvalue weighted by molar-refractivity contribution is 7.89. The van der Waals surface area contributed by atoms with E-state index in [1.807, 2.05) is 35.8 Å². The fourth-order valence-corrected chi connectivity index (χ4v) is 6.41. The Morgan fingerprint density at radius 1 is 1.14 bits per heavy atom. The molecule has 230 valence electrons. The third kappa shape index (κ3) is 8.37. The summed E-state index contributed by atoms with van der Waals surface area (Å²) in [6.45, 7) is 7.63. The van der Waals surface area contributed by atoms with Crippen molar-refractivity contribution >= 4 is 21.8 Å².